The molecule has 1 aromatic heterocycles. The van der Waals surface area contributed by atoms with Gasteiger partial charge in [-0.1, -0.05) is 5.57 Å². The Balaban J connectivity index is 1.90. The maximum atomic E-state index is 14.3. The molecule has 28 heavy (non-hydrogen) atoms. The number of aliphatic imine (C=N–C) groups is 1. The van der Waals surface area contributed by atoms with Crippen LogP contribution in [-0.2, 0) is 0 Å². The monoisotopic (exact) mass is 384 g/mol. The van der Waals surface area contributed by atoms with Crippen LogP contribution in [0.15, 0.2) is 46.7 Å². The summed E-state index contributed by atoms with van der Waals surface area (Å²) in [6, 6.07) is 3.24. The second-order valence-electron chi connectivity index (χ2n) is 6.55. The van der Waals surface area contributed by atoms with E-state index in [0.29, 0.717) is 16.7 Å². The number of allylic oxidation sites excluding steroid dienone is 3. The summed E-state index contributed by atoms with van der Waals surface area (Å²) in [5.74, 6) is -2.35. The third-order valence-corrected chi connectivity index (χ3v) is 4.99. The first-order valence-electron chi connectivity index (χ1n) is 8.51. The summed E-state index contributed by atoms with van der Waals surface area (Å²) >= 11 is 0. The fourth-order valence-electron chi connectivity index (χ4n) is 3.68. The van der Waals surface area contributed by atoms with E-state index in [-0.39, 0.29) is 35.8 Å². The number of rotatable bonds is 3. The fourth-order valence-corrected chi connectivity index (χ4v) is 3.68. The van der Waals surface area contributed by atoms with E-state index in [9.17, 15) is 23.7 Å². The van der Waals surface area contributed by atoms with Crippen molar-refractivity contribution in [1.29, 1.82) is 0 Å². The zero-order valence-corrected chi connectivity index (χ0v) is 14.7. The topological polar surface area (TPSA) is 90.4 Å². The third kappa shape index (κ3) is 2.75. The third-order valence-electron chi connectivity index (χ3n) is 4.99. The van der Waals surface area contributed by atoms with Crippen molar-refractivity contribution in [2.75, 3.05) is 0 Å². The van der Waals surface area contributed by atoms with Gasteiger partial charge in [0.2, 0.25) is 0 Å². The van der Waals surface area contributed by atoms with Gasteiger partial charge in [0, 0.05) is 23.4 Å². The normalized spacial score (nSPS) is 18.9. The molecule has 0 radical (unpaired) electrons. The number of nitrogens with zero attached hydrogens (tertiary/aromatic N) is 4. The van der Waals surface area contributed by atoms with Gasteiger partial charge in [0.15, 0.2) is 5.82 Å². The van der Waals surface area contributed by atoms with E-state index in [0.717, 1.165) is 16.8 Å². The quantitative estimate of drug-likeness (QED) is 0.590. The predicted molar refractivity (Wildman–Crippen MR) is 97.0 cm³/mol. The highest BCUT2D eigenvalue weighted by Gasteiger charge is 2.37. The minimum absolute atomic E-state index is 0.0900. The highest BCUT2D eigenvalue weighted by molar-refractivity contribution is 5.96. The Morgan fingerprint density at radius 1 is 1.29 bits per heavy atom. The number of nitro groups is 1. The lowest BCUT2D eigenvalue weighted by molar-refractivity contribution is -0.429. The zero-order valence-electron chi connectivity index (χ0n) is 14.7. The first-order valence-corrected chi connectivity index (χ1v) is 8.51. The molecule has 1 unspecified atom stereocenters. The molecule has 0 bridgehead atoms. The molecule has 2 aliphatic rings. The minimum atomic E-state index is -0.852. The standard InChI is InChI=1S/C19H14F2N4O3/c1-10-12(13-3-2-11(20)8-15(13)21)4-5-16(25(27)28)18(10)14-9-23-24-17(26)6-7-22-19(14)24/h2-3,5,7-9,18H,4,6H2,1H3. The van der Waals surface area contributed by atoms with Crippen molar-refractivity contribution < 1.29 is 18.5 Å². The van der Waals surface area contributed by atoms with Gasteiger partial charge in [0.25, 0.3) is 11.6 Å². The van der Waals surface area contributed by atoms with Crippen molar-refractivity contribution in [2.24, 2.45) is 4.99 Å². The molecule has 2 heterocycles. The highest BCUT2D eigenvalue weighted by Crippen LogP contribution is 2.45. The summed E-state index contributed by atoms with van der Waals surface area (Å²) < 4.78 is 28.8. The summed E-state index contributed by atoms with van der Waals surface area (Å²) in [6.45, 7) is 1.66. The van der Waals surface area contributed by atoms with Crippen LogP contribution in [0.2, 0.25) is 0 Å². The average molecular weight is 384 g/mol. The number of carbonyl (C=O) groups excluding carboxylic acids is 1. The lowest BCUT2D eigenvalue weighted by Crippen LogP contribution is -2.18. The molecule has 9 heteroatoms. The predicted octanol–water partition coefficient (Wildman–Crippen LogP) is 4.03. The van der Waals surface area contributed by atoms with E-state index in [1.54, 1.807) is 6.92 Å². The highest BCUT2D eigenvalue weighted by atomic mass is 19.1. The fraction of sp³-hybridized carbons (Fsp3) is 0.211. The van der Waals surface area contributed by atoms with Gasteiger partial charge >= 0.3 is 0 Å². The van der Waals surface area contributed by atoms with E-state index < -0.39 is 22.5 Å². The largest absolute Gasteiger partial charge is 0.272 e. The van der Waals surface area contributed by atoms with Gasteiger partial charge in [0.1, 0.15) is 17.6 Å². The van der Waals surface area contributed by atoms with Gasteiger partial charge in [-0.2, -0.15) is 9.78 Å². The van der Waals surface area contributed by atoms with Crippen molar-refractivity contribution in [1.82, 2.24) is 9.78 Å². The van der Waals surface area contributed by atoms with Gasteiger partial charge in [-0.15, -0.1) is 0 Å². The molecule has 1 aliphatic heterocycles. The molecule has 0 saturated carbocycles. The van der Waals surface area contributed by atoms with Crippen LogP contribution in [0.25, 0.3) is 5.57 Å². The SMILES string of the molecule is CC1=C(c2ccc(F)cc2F)CC=C([N+](=O)[O-])C1c1cnn2c1N=CCC2=O. The molecule has 1 aromatic carbocycles. The number of aromatic nitrogens is 2. The van der Waals surface area contributed by atoms with E-state index in [4.69, 9.17) is 0 Å². The maximum absolute atomic E-state index is 14.3. The van der Waals surface area contributed by atoms with E-state index >= 15 is 0 Å². The molecule has 0 saturated heterocycles. The number of hydrogen-bond donors (Lipinski definition) is 0. The van der Waals surface area contributed by atoms with Crippen molar-refractivity contribution in [3.05, 3.63) is 74.6 Å². The van der Waals surface area contributed by atoms with E-state index in [2.05, 4.69) is 10.1 Å². The van der Waals surface area contributed by atoms with Gasteiger partial charge in [-0.05, 0) is 37.1 Å². The summed E-state index contributed by atoms with van der Waals surface area (Å²) in [5.41, 5.74) is 1.54. The summed E-state index contributed by atoms with van der Waals surface area (Å²) in [7, 11) is 0. The molecule has 2 aromatic rings. The Morgan fingerprint density at radius 3 is 2.79 bits per heavy atom. The molecule has 1 aliphatic carbocycles. The Labute approximate surface area is 157 Å². The number of hydrogen-bond acceptors (Lipinski definition) is 5. The molecule has 4 rings (SSSR count). The van der Waals surface area contributed by atoms with Crippen molar-refractivity contribution >= 4 is 23.5 Å². The van der Waals surface area contributed by atoms with Gasteiger partial charge in [-0.3, -0.25) is 14.9 Å². The van der Waals surface area contributed by atoms with Crippen LogP contribution < -0.4 is 0 Å². The van der Waals surface area contributed by atoms with Crippen molar-refractivity contribution in [3.63, 3.8) is 0 Å². The average Bonchev–Trinajstić information content (AvgIpc) is 3.07. The molecular weight excluding hydrogens is 370 g/mol. The van der Waals surface area contributed by atoms with Gasteiger partial charge in [0.05, 0.1) is 17.5 Å². The Kier molecular flexibility index (Phi) is 4.21. The van der Waals surface area contributed by atoms with Crippen LogP contribution >= 0.6 is 0 Å². The van der Waals surface area contributed by atoms with Crippen molar-refractivity contribution in [3.8, 4) is 0 Å². The second kappa shape index (κ2) is 6.59. The number of halogens is 2. The van der Waals surface area contributed by atoms with Crippen LogP contribution in [0.1, 0.15) is 41.6 Å². The molecule has 0 N–H and O–H groups in total. The van der Waals surface area contributed by atoms with Crippen LogP contribution in [0.5, 0.6) is 0 Å². The van der Waals surface area contributed by atoms with Crippen LogP contribution in [0.4, 0.5) is 14.6 Å². The number of carbonyl (C=O) groups is 1. The van der Waals surface area contributed by atoms with Crippen LogP contribution in [0.3, 0.4) is 0 Å². The van der Waals surface area contributed by atoms with Crippen LogP contribution in [0, 0.1) is 21.7 Å². The van der Waals surface area contributed by atoms with Crippen LogP contribution in [-0.4, -0.2) is 26.8 Å². The maximum Gasteiger partial charge on any atom is 0.254 e. The summed E-state index contributed by atoms with van der Waals surface area (Å²) in [6.07, 6.45) is 4.45. The Bertz CT molecular complexity index is 1110. The smallest absolute Gasteiger partial charge is 0.254 e. The Hall–Kier alpha value is -3.49. The summed E-state index contributed by atoms with van der Waals surface area (Å²) in [5, 5.41) is 15.7. The zero-order chi connectivity index (χ0) is 20.0. The molecular formula is C19H14F2N4O3. The molecule has 7 nitrogen and oxygen atoms in total. The lowest BCUT2D eigenvalue weighted by atomic mass is 9.80. The van der Waals surface area contributed by atoms with Crippen molar-refractivity contribution in [2.45, 2.75) is 25.7 Å². The Morgan fingerprint density at radius 2 is 2.07 bits per heavy atom. The molecule has 0 spiro atoms. The van der Waals surface area contributed by atoms with E-state index in [1.165, 1.54) is 24.6 Å². The first kappa shape index (κ1) is 17.9. The minimum Gasteiger partial charge on any atom is -0.272 e. The first-order chi connectivity index (χ1) is 13.4. The second-order valence-corrected chi connectivity index (χ2v) is 6.55. The van der Waals surface area contributed by atoms with Gasteiger partial charge < -0.3 is 0 Å². The molecule has 142 valence electrons. The molecule has 0 fully saturated rings. The summed E-state index contributed by atoms with van der Waals surface area (Å²) in [4.78, 5) is 27.4. The molecule has 1 atom stereocenters. The lowest BCUT2D eigenvalue weighted by Gasteiger charge is -2.24. The van der Waals surface area contributed by atoms with E-state index in [1.807, 2.05) is 0 Å². The molecule has 0 amide bonds. The number of fused-ring (bicyclic) bond motifs is 1. The van der Waals surface area contributed by atoms with Gasteiger partial charge in [-0.25, -0.2) is 13.8 Å². The number of benzene rings is 1.